The van der Waals surface area contributed by atoms with E-state index in [1.165, 1.54) is 4.31 Å². The van der Waals surface area contributed by atoms with Gasteiger partial charge in [-0.2, -0.15) is 4.31 Å². The standard InChI is InChI=1S/C8H11BrClNO2S2/c1-6-5-7(14-8(6)10)15(12,13)11(2)4-3-9/h5H,3-4H2,1-2H3. The van der Waals surface area contributed by atoms with Crippen LogP contribution in [0.15, 0.2) is 10.3 Å². The molecule has 0 radical (unpaired) electrons. The van der Waals surface area contributed by atoms with Gasteiger partial charge >= 0.3 is 0 Å². The summed E-state index contributed by atoms with van der Waals surface area (Å²) in [7, 11) is -1.81. The van der Waals surface area contributed by atoms with Crippen molar-refractivity contribution in [3.05, 3.63) is 16.0 Å². The molecule has 0 N–H and O–H groups in total. The first-order valence-electron chi connectivity index (χ1n) is 4.18. The van der Waals surface area contributed by atoms with Crippen molar-refractivity contribution >= 4 is 48.9 Å². The number of nitrogens with zero attached hydrogens (tertiary/aromatic N) is 1. The minimum Gasteiger partial charge on any atom is -0.206 e. The number of hydrogen-bond donors (Lipinski definition) is 0. The third-order valence-electron chi connectivity index (χ3n) is 1.90. The molecule has 0 saturated heterocycles. The first kappa shape index (κ1) is 13.4. The lowest BCUT2D eigenvalue weighted by Crippen LogP contribution is -2.27. The Morgan fingerprint density at radius 3 is 2.60 bits per heavy atom. The zero-order valence-electron chi connectivity index (χ0n) is 8.33. The summed E-state index contributed by atoms with van der Waals surface area (Å²) >= 11 is 10.1. The Balaban J connectivity index is 3.06. The summed E-state index contributed by atoms with van der Waals surface area (Å²) in [5.74, 6) is 0. The molecule has 1 heterocycles. The molecule has 0 amide bonds. The van der Waals surface area contributed by atoms with Crippen LogP contribution >= 0.6 is 38.9 Å². The predicted molar refractivity (Wildman–Crippen MR) is 67.7 cm³/mol. The van der Waals surface area contributed by atoms with Gasteiger partial charge in [-0.25, -0.2) is 8.42 Å². The van der Waals surface area contributed by atoms with Gasteiger partial charge < -0.3 is 0 Å². The summed E-state index contributed by atoms with van der Waals surface area (Å²) in [4.78, 5) is 0. The molecule has 0 spiro atoms. The van der Waals surface area contributed by atoms with Crippen molar-refractivity contribution in [3.63, 3.8) is 0 Å². The molecule has 0 fully saturated rings. The molecule has 3 nitrogen and oxygen atoms in total. The first-order valence-corrected chi connectivity index (χ1v) is 7.93. The summed E-state index contributed by atoms with van der Waals surface area (Å²) in [5.41, 5.74) is 0.799. The molecule has 0 atom stereocenters. The minimum atomic E-state index is -3.37. The average Bonchev–Trinajstić information content (AvgIpc) is 2.48. The van der Waals surface area contributed by atoms with E-state index in [0.717, 1.165) is 16.9 Å². The maximum Gasteiger partial charge on any atom is 0.252 e. The second kappa shape index (κ2) is 5.14. The zero-order valence-corrected chi connectivity index (χ0v) is 12.3. The molecule has 0 aliphatic heterocycles. The molecule has 0 saturated carbocycles. The van der Waals surface area contributed by atoms with Crippen LogP contribution in [0.25, 0.3) is 0 Å². The summed E-state index contributed by atoms with van der Waals surface area (Å²) in [5, 5.41) is 0.612. The summed E-state index contributed by atoms with van der Waals surface area (Å²) in [6, 6.07) is 1.60. The molecular weight excluding hydrogens is 322 g/mol. The lowest BCUT2D eigenvalue weighted by atomic mass is 10.4. The Bertz CT molecular complexity index is 424. The van der Waals surface area contributed by atoms with Gasteiger partial charge in [0.05, 0.1) is 4.34 Å². The monoisotopic (exact) mass is 331 g/mol. The highest BCUT2D eigenvalue weighted by molar-refractivity contribution is 9.09. The molecule has 86 valence electrons. The second-order valence-corrected chi connectivity index (χ2v) is 7.76. The van der Waals surface area contributed by atoms with Gasteiger partial charge in [-0.1, -0.05) is 27.5 Å². The minimum absolute atomic E-state index is 0.299. The van der Waals surface area contributed by atoms with E-state index in [1.807, 2.05) is 0 Å². The summed E-state index contributed by atoms with van der Waals surface area (Å²) in [6.07, 6.45) is 0. The van der Waals surface area contributed by atoms with Crippen LogP contribution in [0.2, 0.25) is 4.34 Å². The van der Waals surface area contributed by atoms with Crippen LogP contribution in [-0.4, -0.2) is 31.6 Å². The second-order valence-electron chi connectivity index (χ2n) is 3.04. The van der Waals surface area contributed by atoms with Crippen molar-refractivity contribution in [2.75, 3.05) is 18.9 Å². The van der Waals surface area contributed by atoms with Gasteiger partial charge in [0.25, 0.3) is 10.0 Å². The third-order valence-corrected chi connectivity index (χ3v) is 6.11. The van der Waals surface area contributed by atoms with Gasteiger partial charge in [-0.15, -0.1) is 11.3 Å². The van der Waals surface area contributed by atoms with Gasteiger partial charge in [-0.05, 0) is 18.6 Å². The van der Waals surface area contributed by atoms with Crippen molar-refractivity contribution in [1.29, 1.82) is 0 Å². The van der Waals surface area contributed by atoms with Crippen LogP contribution in [0.1, 0.15) is 5.56 Å². The van der Waals surface area contributed by atoms with Crippen LogP contribution in [0.5, 0.6) is 0 Å². The van der Waals surface area contributed by atoms with E-state index in [1.54, 1.807) is 20.0 Å². The van der Waals surface area contributed by atoms with Crippen LogP contribution < -0.4 is 0 Å². The molecule has 1 aromatic heterocycles. The van der Waals surface area contributed by atoms with Gasteiger partial charge in [0.1, 0.15) is 4.21 Å². The summed E-state index contributed by atoms with van der Waals surface area (Å²) in [6.45, 7) is 2.24. The topological polar surface area (TPSA) is 37.4 Å². The molecule has 0 aliphatic carbocycles. The van der Waals surface area contributed by atoms with Gasteiger partial charge in [0, 0.05) is 18.9 Å². The molecule has 1 rings (SSSR count). The quantitative estimate of drug-likeness (QED) is 0.795. The van der Waals surface area contributed by atoms with Crippen LogP contribution in [0.3, 0.4) is 0 Å². The fourth-order valence-electron chi connectivity index (χ4n) is 0.952. The number of halogens is 2. The number of sulfonamides is 1. The Hall–Kier alpha value is 0.380. The van der Waals surface area contributed by atoms with Gasteiger partial charge in [-0.3, -0.25) is 0 Å². The van der Waals surface area contributed by atoms with Crippen molar-refractivity contribution < 1.29 is 8.42 Å². The lowest BCUT2D eigenvalue weighted by Gasteiger charge is -2.13. The smallest absolute Gasteiger partial charge is 0.206 e. The van der Waals surface area contributed by atoms with E-state index in [2.05, 4.69) is 15.9 Å². The van der Waals surface area contributed by atoms with Crippen molar-refractivity contribution in [1.82, 2.24) is 4.31 Å². The number of rotatable bonds is 4. The van der Waals surface area contributed by atoms with E-state index in [4.69, 9.17) is 11.6 Å². The first-order chi connectivity index (χ1) is 6.89. The molecule has 1 aromatic rings. The fourth-order valence-corrected chi connectivity index (χ4v) is 4.81. The largest absolute Gasteiger partial charge is 0.252 e. The highest BCUT2D eigenvalue weighted by Gasteiger charge is 2.23. The Kier molecular flexibility index (Phi) is 4.61. The summed E-state index contributed by atoms with van der Waals surface area (Å²) < 4.78 is 26.0. The normalized spacial score (nSPS) is 12.3. The molecule has 7 heteroatoms. The van der Waals surface area contributed by atoms with E-state index >= 15 is 0 Å². The number of thiophene rings is 1. The van der Waals surface area contributed by atoms with Crippen molar-refractivity contribution in [2.24, 2.45) is 0 Å². The highest BCUT2D eigenvalue weighted by atomic mass is 79.9. The molecule has 0 aromatic carbocycles. The van der Waals surface area contributed by atoms with Gasteiger partial charge in [0.15, 0.2) is 0 Å². The molecular formula is C8H11BrClNO2S2. The molecule has 0 aliphatic rings. The number of hydrogen-bond acceptors (Lipinski definition) is 3. The van der Waals surface area contributed by atoms with E-state index in [0.29, 0.717) is 20.4 Å². The number of alkyl halides is 1. The predicted octanol–water partition coefficient (Wildman–Crippen LogP) is 2.73. The SMILES string of the molecule is Cc1cc(S(=O)(=O)N(C)CCBr)sc1Cl. The van der Waals surface area contributed by atoms with Crippen LogP contribution in [0.4, 0.5) is 0 Å². The van der Waals surface area contributed by atoms with Crippen molar-refractivity contribution in [2.45, 2.75) is 11.1 Å². The number of aryl methyl sites for hydroxylation is 1. The van der Waals surface area contributed by atoms with Crippen LogP contribution in [0, 0.1) is 6.92 Å². The maximum atomic E-state index is 11.9. The molecule has 15 heavy (non-hydrogen) atoms. The van der Waals surface area contributed by atoms with E-state index in [9.17, 15) is 8.42 Å². The Labute approximate surface area is 107 Å². The highest BCUT2D eigenvalue weighted by Crippen LogP contribution is 2.31. The third kappa shape index (κ3) is 2.94. The maximum absolute atomic E-state index is 11.9. The molecule has 0 unspecified atom stereocenters. The lowest BCUT2D eigenvalue weighted by molar-refractivity contribution is 0.491. The Morgan fingerprint density at radius 2 is 2.20 bits per heavy atom. The van der Waals surface area contributed by atoms with Gasteiger partial charge in [0.2, 0.25) is 0 Å². The Morgan fingerprint density at radius 1 is 1.60 bits per heavy atom. The van der Waals surface area contributed by atoms with E-state index < -0.39 is 10.0 Å². The van der Waals surface area contributed by atoms with Crippen molar-refractivity contribution in [3.8, 4) is 0 Å². The fraction of sp³-hybridized carbons (Fsp3) is 0.500. The van der Waals surface area contributed by atoms with E-state index in [-0.39, 0.29) is 0 Å². The average molecular weight is 333 g/mol. The zero-order chi connectivity index (χ0) is 11.6. The molecule has 0 bridgehead atoms. The van der Waals surface area contributed by atoms with Crippen LogP contribution in [-0.2, 0) is 10.0 Å².